The van der Waals surface area contributed by atoms with Crippen molar-refractivity contribution in [2.45, 2.75) is 13.0 Å². The minimum atomic E-state index is 0.0797. The quantitative estimate of drug-likeness (QED) is 0.570. The Morgan fingerprint density at radius 3 is 2.00 bits per heavy atom. The SMILES string of the molecule is Cc1cnn(C2c3ccccc3-c3ccccc32)c1N. The lowest BCUT2D eigenvalue weighted by Gasteiger charge is -2.16. The monoisotopic (exact) mass is 261 g/mol. The number of hydrogen-bond donors (Lipinski definition) is 1. The smallest absolute Gasteiger partial charge is 0.125 e. The minimum Gasteiger partial charge on any atom is -0.384 e. The van der Waals surface area contributed by atoms with Gasteiger partial charge in [0, 0.05) is 5.56 Å². The van der Waals surface area contributed by atoms with Crippen LogP contribution >= 0.6 is 0 Å². The number of nitrogen functional groups attached to an aromatic ring is 1. The Hall–Kier alpha value is -2.55. The summed E-state index contributed by atoms with van der Waals surface area (Å²) >= 11 is 0. The van der Waals surface area contributed by atoms with Crippen LogP contribution in [0.1, 0.15) is 22.7 Å². The summed E-state index contributed by atoms with van der Waals surface area (Å²) in [5, 5.41) is 4.49. The zero-order chi connectivity index (χ0) is 13.7. The normalized spacial score (nSPS) is 13.2. The Balaban J connectivity index is 2.03. The van der Waals surface area contributed by atoms with Crippen LogP contribution in [-0.2, 0) is 0 Å². The Morgan fingerprint density at radius 2 is 1.50 bits per heavy atom. The highest BCUT2D eigenvalue weighted by atomic mass is 15.3. The summed E-state index contributed by atoms with van der Waals surface area (Å²) < 4.78 is 1.93. The molecule has 0 atom stereocenters. The van der Waals surface area contributed by atoms with Gasteiger partial charge in [-0.3, -0.25) is 0 Å². The second kappa shape index (κ2) is 3.97. The van der Waals surface area contributed by atoms with Gasteiger partial charge in [0.25, 0.3) is 0 Å². The molecule has 0 radical (unpaired) electrons. The number of rotatable bonds is 1. The zero-order valence-corrected chi connectivity index (χ0v) is 11.2. The molecule has 0 saturated heterocycles. The van der Waals surface area contributed by atoms with Crippen molar-refractivity contribution in [1.82, 2.24) is 9.78 Å². The summed E-state index contributed by atoms with van der Waals surface area (Å²) in [7, 11) is 0. The van der Waals surface area contributed by atoms with E-state index in [4.69, 9.17) is 5.73 Å². The molecule has 2 N–H and O–H groups in total. The molecular weight excluding hydrogens is 246 g/mol. The summed E-state index contributed by atoms with van der Waals surface area (Å²) in [4.78, 5) is 0. The molecule has 0 spiro atoms. The van der Waals surface area contributed by atoms with E-state index in [1.165, 1.54) is 22.3 Å². The number of nitrogens with two attached hydrogens (primary N) is 1. The van der Waals surface area contributed by atoms with Crippen molar-refractivity contribution in [2.75, 3.05) is 5.73 Å². The molecule has 1 aromatic heterocycles. The number of anilines is 1. The van der Waals surface area contributed by atoms with Crippen molar-refractivity contribution >= 4 is 5.82 Å². The Bertz CT molecular complexity index is 756. The van der Waals surface area contributed by atoms with Gasteiger partial charge in [-0.1, -0.05) is 48.5 Å². The van der Waals surface area contributed by atoms with E-state index in [0.717, 1.165) is 11.4 Å². The summed E-state index contributed by atoms with van der Waals surface area (Å²) in [5.74, 6) is 0.738. The van der Waals surface area contributed by atoms with Crippen LogP contribution in [-0.4, -0.2) is 9.78 Å². The predicted molar refractivity (Wildman–Crippen MR) is 80.5 cm³/mol. The molecule has 0 bridgehead atoms. The molecule has 0 aliphatic heterocycles. The highest BCUT2D eigenvalue weighted by molar-refractivity contribution is 5.78. The molecular formula is C17H15N3. The van der Waals surface area contributed by atoms with Crippen LogP contribution in [0.15, 0.2) is 54.7 Å². The summed E-state index contributed by atoms with van der Waals surface area (Å²) in [6.07, 6.45) is 1.83. The van der Waals surface area contributed by atoms with Crippen LogP contribution in [0.2, 0.25) is 0 Å². The fourth-order valence-electron chi connectivity index (χ4n) is 3.06. The van der Waals surface area contributed by atoms with Crippen molar-refractivity contribution in [2.24, 2.45) is 0 Å². The lowest BCUT2D eigenvalue weighted by atomic mass is 10.1. The van der Waals surface area contributed by atoms with Crippen LogP contribution in [0.3, 0.4) is 0 Å². The average molecular weight is 261 g/mol. The van der Waals surface area contributed by atoms with Crippen molar-refractivity contribution in [1.29, 1.82) is 0 Å². The van der Waals surface area contributed by atoms with E-state index < -0.39 is 0 Å². The van der Waals surface area contributed by atoms with Crippen LogP contribution in [0.4, 0.5) is 5.82 Å². The van der Waals surface area contributed by atoms with Gasteiger partial charge >= 0.3 is 0 Å². The lowest BCUT2D eigenvalue weighted by molar-refractivity contribution is 0.615. The first-order valence-electron chi connectivity index (χ1n) is 6.75. The van der Waals surface area contributed by atoms with E-state index in [1.807, 2.05) is 17.8 Å². The van der Waals surface area contributed by atoms with Gasteiger partial charge in [-0.05, 0) is 29.2 Å². The fraction of sp³-hybridized carbons (Fsp3) is 0.118. The van der Waals surface area contributed by atoms with Gasteiger partial charge in [0.2, 0.25) is 0 Å². The molecule has 98 valence electrons. The topological polar surface area (TPSA) is 43.8 Å². The van der Waals surface area contributed by atoms with Crippen molar-refractivity contribution < 1.29 is 0 Å². The second-order valence-electron chi connectivity index (χ2n) is 5.23. The molecule has 2 aromatic carbocycles. The molecule has 0 fully saturated rings. The Morgan fingerprint density at radius 1 is 0.950 bits per heavy atom. The van der Waals surface area contributed by atoms with Crippen molar-refractivity contribution in [3.8, 4) is 11.1 Å². The van der Waals surface area contributed by atoms with Gasteiger partial charge in [0.05, 0.1) is 6.20 Å². The Kier molecular flexibility index (Phi) is 2.24. The predicted octanol–water partition coefficient (Wildman–Crippen LogP) is 3.39. The third-order valence-corrected chi connectivity index (χ3v) is 4.07. The largest absolute Gasteiger partial charge is 0.384 e. The number of fused-ring (bicyclic) bond motifs is 3. The second-order valence-corrected chi connectivity index (χ2v) is 5.23. The van der Waals surface area contributed by atoms with E-state index in [-0.39, 0.29) is 6.04 Å². The summed E-state index contributed by atoms with van der Waals surface area (Å²) in [6, 6.07) is 17.0. The third-order valence-electron chi connectivity index (χ3n) is 4.07. The van der Waals surface area contributed by atoms with E-state index in [2.05, 4.69) is 53.6 Å². The highest BCUT2D eigenvalue weighted by Gasteiger charge is 2.30. The zero-order valence-electron chi connectivity index (χ0n) is 11.2. The van der Waals surface area contributed by atoms with E-state index in [9.17, 15) is 0 Å². The number of benzene rings is 2. The van der Waals surface area contributed by atoms with Crippen LogP contribution in [0.5, 0.6) is 0 Å². The Labute approximate surface area is 117 Å². The highest BCUT2D eigenvalue weighted by Crippen LogP contribution is 2.45. The lowest BCUT2D eigenvalue weighted by Crippen LogP contribution is -2.13. The fourth-order valence-corrected chi connectivity index (χ4v) is 3.06. The van der Waals surface area contributed by atoms with E-state index >= 15 is 0 Å². The number of aromatic nitrogens is 2. The van der Waals surface area contributed by atoms with E-state index in [1.54, 1.807) is 0 Å². The number of aryl methyl sites for hydroxylation is 1. The van der Waals surface area contributed by atoms with Crippen molar-refractivity contribution in [3.05, 3.63) is 71.4 Å². The van der Waals surface area contributed by atoms with Gasteiger partial charge in [-0.2, -0.15) is 5.10 Å². The molecule has 4 rings (SSSR count). The van der Waals surface area contributed by atoms with E-state index in [0.29, 0.717) is 0 Å². The van der Waals surface area contributed by atoms with Gasteiger partial charge in [0.15, 0.2) is 0 Å². The molecule has 0 amide bonds. The summed E-state index contributed by atoms with van der Waals surface area (Å²) in [5.41, 5.74) is 12.3. The molecule has 3 heteroatoms. The molecule has 1 heterocycles. The first-order chi connectivity index (χ1) is 9.77. The van der Waals surface area contributed by atoms with Gasteiger partial charge in [-0.25, -0.2) is 4.68 Å². The van der Waals surface area contributed by atoms with Crippen LogP contribution in [0, 0.1) is 6.92 Å². The molecule has 1 aliphatic carbocycles. The summed E-state index contributed by atoms with van der Waals surface area (Å²) in [6.45, 7) is 1.99. The van der Waals surface area contributed by atoms with Gasteiger partial charge in [0.1, 0.15) is 11.9 Å². The maximum Gasteiger partial charge on any atom is 0.125 e. The number of hydrogen-bond acceptors (Lipinski definition) is 2. The maximum absolute atomic E-state index is 6.20. The molecule has 0 unspecified atom stereocenters. The van der Waals surface area contributed by atoms with Gasteiger partial charge < -0.3 is 5.73 Å². The van der Waals surface area contributed by atoms with Crippen LogP contribution in [0.25, 0.3) is 11.1 Å². The molecule has 20 heavy (non-hydrogen) atoms. The molecule has 0 saturated carbocycles. The molecule has 3 nitrogen and oxygen atoms in total. The molecule has 3 aromatic rings. The van der Waals surface area contributed by atoms with Crippen molar-refractivity contribution in [3.63, 3.8) is 0 Å². The first kappa shape index (κ1) is 11.3. The van der Waals surface area contributed by atoms with Gasteiger partial charge in [-0.15, -0.1) is 0 Å². The number of nitrogens with zero attached hydrogens (tertiary/aromatic N) is 2. The van der Waals surface area contributed by atoms with Crippen LogP contribution < -0.4 is 5.73 Å². The molecule has 1 aliphatic rings. The minimum absolute atomic E-state index is 0.0797. The maximum atomic E-state index is 6.20. The average Bonchev–Trinajstić information content (AvgIpc) is 2.98. The first-order valence-corrected chi connectivity index (χ1v) is 6.75. The standard InChI is InChI=1S/C17H15N3/c1-11-10-19-20(17(11)18)16-14-8-4-2-6-12(14)13-7-3-5-9-15(13)16/h2-10,16H,18H2,1H3. The third kappa shape index (κ3) is 1.37.